The second kappa shape index (κ2) is 4.67. The zero-order valence-electron chi connectivity index (χ0n) is 9.87. The molecule has 0 bridgehead atoms. The molecule has 0 spiro atoms. The van der Waals surface area contributed by atoms with Gasteiger partial charge in [0, 0.05) is 18.6 Å². The molecule has 0 radical (unpaired) electrons. The average Bonchev–Trinajstić information content (AvgIpc) is 2.54. The Hall–Kier alpha value is -1.68. The topological polar surface area (TPSA) is 55.9 Å². The first kappa shape index (κ1) is 11.8. The maximum absolute atomic E-state index is 5.92. The number of hydrogen-bond donors (Lipinski definition) is 2. The number of benzene rings is 1. The third-order valence-electron chi connectivity index (χ3n) is 2.64. The van der Waals surface area contributed by atoms with Crippen molar-refractivity contribution < 1.29 is 0 Å². The SMILES string of the molecule is Cc1nn(C)c(NCc2ccc(Cl)cc2)c1N. The molecule has 1 aromatic carbocycles. The fourth-order valence-corrected chi connectivity index (χ4v) is 1.80. The predicted molar refractivity (Wildman–Crippen MR) is 71.1 cm³/mol. The van der Waals surface area contributed by atoms with Gasteiger partial charge in [0.25, 0.3) is 0 Å². The van der Waals surface area contributed by atoms with E-state index in [2.05, 4.69) is 10.4 Å². The summed E-state index contributed by atoms with van der Waals surface area (Å²) in [4.78, 5) is 0. The van der Waals surface area contributed by atoms with Crippen molar-refractivity contribution in [1.29, 1.82) is 0 Å². The van der Waals surface area contributed by atoms with E-state index in [1.165, 1.54) is 0 Å². The Morgan fingerprint density at radius 2 is 2.00 bits per heavy atom. The molecule has 0 unspecified atom stereocenters. The Balaban J connectivity index is 2.09. The van der Waals surface area contributed by atoms with E-state index in [1.54, 1.807) is 4.68 Å². The molecule has 0 saturated carbocycles. The van der Waals surface area contributed by atoms with Crippen molar-refractivity contribution in [3.05, 3.63) is 40.5 Å². The van der Waals surface area contributed by atoms with E-state index in [1.807, 2.05) is 38.2 Å². The molecule has 0 aliphatic carbocycles. The van der Waals surface area contributed by atoms with Crippen LogP contribution in [0.3, 0.4) is 0 Å². The number of aromatic nitrogens is 2. The zero-order valence-corrected chi connectivity index (χ0v) is 10.6. The molecule has 17 heavy (non-hydrogen) atoms. The summed E-state index contributed by atoms with van der Waals surface area (Å²) in [6.45, 7) is 2.59. The van der Waals surface area contributed by atoms with Gasteiger partial charge in [-0.2, -0.15) is 5.10 Å². The Bertz CT molecular complexity index is 516. The molecule has 5 heteroatoms. The molecule has 3 N–H and O–H groups in total. The van der Waals surface area contributed by atoms with Crippen LogP contribution < -0.4 is 11.1 Å². The first-order chi connectivity index (χ1) is 8.08. The van der Waals surface area contributed by atoms with Crippen LogP contribution in [0.15, 0.2) is 24.3 Å². The van der Waals surface area contributed by atoms with Gasteiger partial charge in [0.05, 0.1) is 11.4 Å². The number of nitrogens with zero attached hydrogens (tertiary/aromatic N) is 2. The van der Waals surface area contributed by atoms with E-state index >= 15 is 0 Å². The molecule has 0 atom stereocenters. The van der Waals surface area contributed by atoms with Gasteiger partial charge in [-0.1, -0.05) is 23.7 Å². The fourth-order valence-electron chi connectivity index (χ4n) is 1.67. The van der Waals surface area contributed by atoms with Crippen molar-refractivity contribution >= 4 is 23.1 Å². The maximum atomic E-state index is 5.92. The zero-order chi connectivity index (χ0) is 12.4. The van der Waals surface area contributed by atoms with Crippen molar-refractivity contribution in [1.82, 2.24) is 9.78 Å². The minimum Gasteiger partial charge on any atom is -0.394 e. The minimum absolute atomic E-state index is 0.695. The van der Waals surface area contributed by atoms with Gasteiger partial charge in [0.1, 0.15) is 5.82 Å². The summed E-state index contributed by atoms with van der Waals surface area (Å²) in [5, 5.41) is 8.26. The highest BCUT2D eigenvalue weighted by Gasteiger charge is 2.08. The summed E-state index contributed by atoms with van der Waals surface area (Å²) in [6.07, 6.45) is 0. The van der Waals surface area contributed by atoms with E-state index in [0.717, 1.165) is 22.1 Å². The number of nitrogens with two attached hydrogens (primary N) is 1. The first-order valence-electron chi connectivity index (χ1n) is 5.35. The normalized spacial score (nSPS) is 10.5. The lowest BCUT2D eigenvalue weighted by Crippen LogP contribution is -2.06. The summed E-state index contributed by atoms with van der Waals surface area (Å²) >= 11 is 5.83. The van der Waals surface area contributed by atoms with Crippen LogP contribution in [0.25, 0.3) is 0 Å². The maximum Gasteiger partial charge on any atom is 0.148 e. The highest BCUT2D eigenvalue weighted by atomic mass is 35.5. The minimum atomic E-state index is 0.695. The van der Waals surface area contributed by atoms with Gasteiger partial charge in [-0.05, 0) is 24.6 Å². The van der Waals surface area contributed by atoms with Gasteiger partial charge in [-0.25, -0.2) is 0 Å². The second-order valence-electron chi connectivity index (χ2n) is 3.95. The van der Waals surface area contributed by atoms with E-state index in [9.17, 15) is 0 Å². The number of nitrogens with one attached hydrogen (secondary N) is 1. The molecular formula is C12H15ClN4. The molecule has 2 aromatic rings. The van der Waals surface area contributed by atoms with Crippen molar-refractivity contribution in [3.8, 4) is 0 Å². The highest BCUT2D eigenvalue weighted by Crippen LogP contribution is 2.21. The summed E-state index contributed by atoms with van der Waals surface area (Å²) in [5.74, 6) is 0.845. The largest absolute Gasteiger partial charge is 0.394 e. The number of aryl methyl sites for hydroxylation is 2. The Morgan fingerprint density at radius 1 is 1.35 bits per heavy atom. The Labute approximate surface area is 105 Å². The summed E-state index contributed by atoms with van der Waals surface area (Å²) in [7, 11) is 1.87. The van der Waals surface area contributed by atoms with Crippen molar-refractivity contribution in [3.63, 3.8) is 0 Å². The number of nitrogen functional groups attached to an aromatic ring is 1. The van der Waals surface area contributed by atoms with Crippen molar-refractivity contribution in [2.45, 2.75) is 13.5 Å². The van der Waals surface area contributed by atoms with Gasteiger partial charge >= 0.3 is 0 Å². The van der Waals surface area contributed by atoms with Gasteiger partial charge in [-0.15, -0.1) is 0 Å². The summed E-state index contributed by atoms with van der Waals surface area (Å²) in [6, 6.07) is 7.70. The van der Waals surface area contributed by atoms with Crippen LogP contribution in [-0.4, -0.2) is 9.78 Å². The van der Waals surface area contributed by atoms with Crippen LogP contribution in [0, 0.1) is 6.92 Å². The fraction of sp³-hybridized carbons (Fsp3) is 0.250. The first-order valence-corrected chi connectivity index (χ1v) is 5.73. The number of hydrogen-bond acceptors (Lipinski definition) is 3. The molecular weight excluding hydrogens is 236 g/mol. The number of halogens is 1. The summed E-state index contributed by atoms with van der Waals surface area (Å²) in [5.41, 5.74) is 8.61. The molecule has 0 aliphatic rings. The molecule has 1 heterocycles. The third kappa shape index (κ3) is 2.53. The van der Waals surface area contributed by atoms with E-state index in [0.29, 0.717) is 12.2 Å². The molecule has 2 rings (SSSR count). The van der Waals surface area contributed by atoms with Crippen LogP contribution in [0.4, 0.5) is 11.5 Å². The lowest BCUT2D eigenvalue weighted by atomic mass is 10.2. The lowest BCUT2D eigenvalue weighted by Gasteiger charge is -2.07. The molecule has 0 fully saturated rings. The Morgan fingerprint density at radius 3 is 2.53 bits per heavy atom. The van der Waals surface area contributed by atoms with Crippen LogP contribution in [0.5, 0.6) is 0 Å². The van der Waals surface area contributed by atoms with E-state index < -0.39 is 0 Å². The van der Waals surface area contributed by atoms with Crippen LogP contribution in [0.1, 0.15) is 11.3 Å². The predicted octanol–water partition coefficient (Wildman–Crippen LogP) is 2.58. The molecule has 0 amide bonds. The van der Waals surface area contributed by atoms with Gasteiger partial charge < -0.3 is 11.1 Å². The number of rotatable bonds is 3. The molecule has 0 aliphatic heterocycles. The standard InChI is InChI=1S/C12H15ClN4/c1-8-11(14)12(17(2)16-8)15-7-9-3-5-10(13)6-4-9/h3-6,15H,7,14H2,1-2H3. The van der Waals surface area contributed by atoms with Crippen LogP contribution >= 0.6 is 11.6 Å². The van der Waals surface area contributed by atoms with Crippen molar-refractivity contribution in [2.75, 3.05) is 11.1 Å². The molecule has 4 nitrogen and oxygen atoms in total. The molecule has 90 valence electrons. The van der Waals surface area contributed by atoms with Crippen LogP contribution in [-0.2, 0) is 13.6 Å². The van der Waals surface area contributed by atoms with E-state index in [-0.39, 0.29) is 0 Å². The second-order valence-corrected chi connectivity index (χ2v) is 4.39. The summed E-state index contributed by atoms with van der Waals surface area (Å²) < 4.78 is 1.75. The van der Waals surface area contributed by atoms with Gasteiger partial charge in [-0.3, -0.25) is 4.68 Å². The average molecular weight is 251 g/mol. The Kier molecular flexibility index (Phi) is 3.24. The highest BCUT2D eigenvalue weighted by molar-refractivity contribution is 6.30. The van der Waals surface area contributed by atoms with Crippen LogP contribution in [0.2, 0.25) is 5.02 Å². The number of anilines is 2. The van der Waals surface area contributed by atoms with Gasteiger partial charge in [0.2, 0.25) is 0 Å². The third-order valence-corrected chi connectivity index (χ3v) is 2.89. The smallest absolute Gasteiger partial charge is 0.148 e. The van der Waals surface area contributed by atoms with Crippen molar-refractivity contribution in [2.24, 2.45) is 7.05 Å². The molecule has 1 aromatic heterocycles. The quantitative estimate of drug-likeness (QED) is 0.880. The van der Waals surface area contributed by atoms with Gasteiger partial charge in [0.15, 0.2) is 0 Å². The monoisotopic (exact) mass is 250 g/mol. The van der Waals surface area contributed by atoms with E-state index in [4.69, 9.17) is 17.3 Å². The lowest BCUT2D eigenvalue weighted by molar-refractivity contribution is 0.758. The molecule has 0 saturated heterocycles.